The van der Waals surface area contributed by atoms with E-state index in [-0.39, 0.29) is 11.9 Å². The molecule has 2 N–H and O–H groups in total. The highest BCUT2D eigenvalue weighted by atomic mass is 79.9. The maximum atomic E-state index is 11.5. The van der Waals surface area contributed by atoms with Gasteiger partial charge < -0.3 is 10.6 Å². The van der Waals surface area contributed by atoms with Gasteiger partial charge in [0, 0.05) is 50.2 Å². The number of nitrogens with zero attached hydrogens (tertiary/aromatic N) is 2. The summed E-state index contributed by atoms with van der Waals surface area (Å²) in [7, 11) is 0. The van der Waals surface area contributed by atoms with Crippen molar-refractivity contribution in [2.45, 2.75) is 19.4 Å². The van der Waals surface area contributed by atoms with Crippen LogP contribution in [0.5, 0.6) is 0 Å². The third kappa shape index (κ3) is 3.81. The predicted molar refractivity (Wildman–Crippen MR) is 84.4 cm³/mol. The minimum Gasteiger partial charge on any atom is -0.342 e. The Morgan fingerprint density at radius 1 is 1.35 bits per heavy atom. The molecule has 2 rings (SSSR count). The minimum atomic E-state index is 0.165. The molecule has 0 saturated carbocycles. The van der Waals surface area contributed by atoms with Crippen LogP contribution in [-0.2, 0) is 4.79 Å². The second kappa shape index (κ2) is 7.20. The molecule has 0 aliphatic carbocycles. The first-order valence-corrected chi connectivity index (χ1v) is 7.86. The molecule has 1 aliphatic heterocycles. The van der Waals surface area contributed by atoms with Crippen molar-refractivity contribution >= 4 is 21.8 Å². The Balaban J connectivity index is 2.10. The van der Waals surface area contributed by atoms with E-state index in [2.05, 4.69) is 33.0 Å². The molecule has 5 heteroatoms. The Hall–Kier alpha value is -0.910. The lowest BCUT2D eigenvalue weighted by Crippen LogP contribution is -2.37. The summed E-state index contributed by atoms with van der Waals surface area (Å²) in [6.45, 7) is 5.74. The van der Waals surface area contributed by atoms with Crippen LogP contribution >= 0.6 is 15.9 Å². The molecule has 4 nitrogen and oxygen atoms in total. The first-order chi connectivity index (χ1) is 9.61. The summed E-state index contributed by atoms with van der Waals surface area (Å²) >= 11 is 3.52. The Bertz CT molecular complexity index is 466. The zero-order valence-corrected chi connectivity index (χ0v) is 13.5. The van der Waals surface area contributed by atoms with Gasteiger partial charge in [-0.1, -0.05) is 28.1 Å². The molecule has 0 bridgehead atoms. The van der Waals surface area contributed by atoms with Gasteiger partial charge in [-0.25, -0.2) is 0 Å². The van der Waals surface area contributed by atoms with Gasteiger partial charge in [-0.05, 0) is 24.1 Å². The summed E-state index contributed by atoms with van der Waals surface area (Å²) in [5.41, 5.74) is 7.23. The topological polar surface area (TPSA) is 49.6 Å². The number of rotatable bonds is 3. The van der Waals surface area contributed by atoms with E-state index in [9.17, 15) is 4.79 Å². The number of hydrogen-bond acceptors (Lipinski definition) is 3. The fraction of sp³-hybridized carbons (Fsp3) is 0.533. The maximum absolute atomic E-state index is 11.5. The fourth-order valence-corrected chi connectivity index (χ4v) is 3.19. The molecule has 0 spiro atoms. The van der Waals surface area contributed by atoms with Crippen LogP contribution in [0.1, 0.15) is 24.9 Å². The first kappa shape index (κ1) is 15.5. The summed E-state index contributed by atoms with van der Waals surface area (Å²) in [6, 6.07) is 8.54. The third-order valence-corrected chi connectivity index (χ3v) is 4.37. The highest BCUT2D eigenvalue weighted by Gasteiger charge is 2.23. The van der Waals surface area contributed by atoms with Crippen LogP contribution in [0.15, 0.2) is 28.7 Å². The molecule has 1 aliphatic rings. The fourth-order valence-electron chi connectivity index (χ4n) is 2.77. The van der Waals surface area contributed by atoms with Crippen LogP contribution < -0.4 is 5.73 Å². The molecular weight excluding hydrogens is 318 g/mol. The third-order valence-electron chi connectivity index (χ3n) is 3.87. The van der Waals surface area contributed by atoms with Crippen molar-refractivity contribution in [2.75, 3.05) is 32.7 Å². The molecule has 1 atom stereocenters. The van der Waals surface area contributed by atoms with Crippen molar-refractivity contribution in [1.82, 2.24) is 9.80 Å². The van der Waals surface area contributed by atoms with Gasteiger partial charge in [0.25, 0.3) is 0 Å². The van der Waals surface area contributed by atoms with E-state index in [0.717, 1.165) is 37.1 Å². The SMILES string of the molecule is CC(=O)N1CCCN(C(CN)c2cccc(Br)c2)CC1. The number of hydrogen-bond donors (Lipinski definition) is 1. The second-order valence-electron chi connectivity index (χ2n) is 5.20. The molecule has 1 fully saturated rings. The van der Waals surface area contributed by atoms with E-state index in [0.29, 0.717) is 6.54 Å². The van der Waals surface area contributed by atoms with E-state index in [4.69, 9.17) is 5.73 Å². The van der Waals surface area contributed by atoms with Gasteiger partial charge in [-0.3, -0.25) is 9.69 Å². The number of carbonyl (C=O) groups excluding carboxylic acids is 1. The quantitative estimate of drug-likeness (QED) is 0.916. The van der Waals surface area contributed by atoms with E-state index >= 15 is 0 Å². The number of benzene rings is 1. The van der Waals surface area contributed by atoms with Crippen molar-refractivity contribution in [3.8, 4) is 0 Å². The molecule has 1 saturated heterocycles. The van der Waals surface area contributed by atoms with Gasteiger partial charge in [0.1, 0.15) is 0 Å². The lowest BCUT2D eigenvalue weighted by molar-refractivity contribution is -0.128. The molecule has 1 heterocycles. The molecule has 0 aromatic heterocycles. The van der Waals surface area contributed by atoms with Crippen LogP contribution in [0.4, 0.5) is 0 Å². The molecule has 1 amide bonds. The van der Waals surface area contributed by atoms with Crippen molar-refractivity contribution in [1.29, 1.82) is 0 Å². The Labute approximate surface area is 129 Å². The van der Waals surface area contributed by atoms with E-state index in [1.807, 2.05) is 17.0 Å². The molecule has 0 radical (unpaired) electrons. The zero-order valence-electron chi connectivity index (χ0n) is 11.9. The van der Waals surface area contributed by atoms with Gasteiger partial charge in [-0.2, -0.15) is 0 Å². The van der Waals surface area contributed by atoms with Crippen LogP contribution in [0, 0.1) is 0 Å². The lowest BCUT2D eigenvalue weighted by Gasteiger charge is -2.30. The lowest BCUT2D eigenvalue weighted by atomic mass is 10.1. The highest BCUT2D eigenvalue weighted by molar-refractivity contribution is 9.10. The second-order valence-corrected chi connectivity index (χ2v) is 6.12. The monoisotopic (exact) mass is 339 g/mol. The summed E-state index contributed by atoms with van der Waals surface area (Å²) < 4.78 is 1.08. The largest absolute Gasteiger partial charge is 0.342 e. The smallest absolute Gasteiger partial charge is 0.219 e. The number of nitrogens with two attached hydrogens (primary N) is 1. The molecule has 110 valence electrons. The van der Waals surface area contributed by atoms with Crippen molar-refractivity contribution in [3.63, 3.8) is 0 Å². The number of amides is 1. The molecule has 1 unspecified atom stereocenters. The normalized spacial score (nSPS) is 18.6. The maximum Gasteiger partial charge on any atom is 0.219 e. The minimum absolute atomic E-state index is 0.165. The summed E-state index contributed by atoms with van der Waals surface area (Å²) in [5.74, 6) is 0.165. The van der Waals surface area contributed by atoms with Gasteiger partial charge in [-0.15, -0.1) is 0 Å². The Kier molecular flexibility index (Phi) is 5.57. The van der Waals surface area contributed by atoms with Crippen molar-refractivity contribution < 1.29 is 4.79 Å². The summed E-state index contributed by atoms with van der Waals surface area (Å²) in [4.78, 5) is 15.8. The summed E-state index contributed by atoms with van der Waals surface area (Å²) in [5, 5.41) is 0. The summed E-state index contributed by atoms with van der Waals surface area (Å²) in [6.07, 6.45) is 1.00. The van der Waals surface area contributed by atoms with Crippen LogP contribution in [0.2, 0.25) is 0 Å². The van der Waals surface area contributed by atoms with E-state index < -0.39 is 0 Å². The predicted octanol–water partition coefficient (Wildman–Crippen LogP) is 2.00. The molecular formula is C15H22BrN3O. The average molecular weight is 340 g/mol. The Morgan fingerprint density at radius 2 is 2.15 bits per heavy atom. The molecule has 20 heavy (non-hydrogen) atoms. The molecule has 1 aromatic carbocycles. The van der Waals surface area contributed by atoms with Gasteiger partial charge in [0.05, 0.1) is 0 Å². The Morgan fingerprint density at radius 3 is 2.80 bits per heavy atom. The van der Waals surface area contributed by atoms with E-state index in [1.165, 1.54) is 5.56 Å². The van der Waals surface area contributed by atoms with Crippen LogP contribution in [-0.4, -0.2) is 48.4 Å². The number of carbonyl (C=O) groups is 1. The number of halogens is 1. The van der Waals surface area contributed by atoms with Crippen LogP contribution in [0.3, 0.4) is 0 Å². The zero-order chi connectivity index (χ0) is 14.5. The van der Waals surface area contributed by atoms with Crippen molar-refractivity contribution in [2.24, 2.45) is 5.73 Å². The van der Waals surface area contributed by atoms with E-state index in [1.54, 1.807) is 6.92 Å². The van der Waals surface area contributed by atoms with Gasteiger partial charge in [0.2, 0.25) is 5.91 Å². The first-order valence-electron chi connectivity index (χ1n) is 7.07. The van der Waals surface area contributed by atoms with Crippen LogP contribution in [0.25, 0.3) is 0 Å². The van der Waals surface area contributed by atoms with Crippen molar-refractivity contribution in [3.05, 3.63) is 34.3 Å². The standard InChI is InChI=1S/C15H22BrN3O/c1-12(20)18-6-3-7-19(9-8-18)15(11-17)13-4-2-5-14(16)10-13/h2,4-5,10,15H,3,6-9,11,17H2,1H3. The highest BCUT2D eigenvalue weighted by Crippen LogP contribution is 2.24. The van der Waals surface area contributed by atoms with Gasteiger partial charge >= 0.3 is 0 Å². The molecule has 1 aromatic rings. The average Bonchev–Trinajstić information content (AvgIpc) is 2.66. The van der Waals surface area contributed by atoms with Gasteiger partial charge in [0.15, 0.2) is 0 Å².